The standard InChI is InChI=1S/C19H21N5/c1-3-15(18-22-16-8-4-5-9-17(16)23-18)20-11-14-12-21-19-13(2)7-6-10-24(14)19/h4-10,12,15,20H,3,11H2,1-2H3,(H,22,23). The zero-order valence-corrected chi connectivity index (χ0v) is 14.0. The second-order valence-electron chi connectivity index (χ2n) is 6.12. The molecule has 0 amide bonds. The molecule has 1 unspecified atom stereocenters. The van der Waals surface area contributed by atoms with Crippen molar-refractivity contribution in [2.24, 2.45) is 0 Å². The first-order chi connectivity index (χ1) is 11.8. The summed E-state index contributed by atoms with van der Waals surface area (Å²) in [5.74, 6) is 0.990. The van der Waals surface area contributed by atoms with Crippen LogP contribution in [0.3, 0.4) is 0 Å². The van der Waals surface area contributed by atoms with Crippen molar-refractivity contribution < 1.29 is 0 Å². The number of imidazole rings is 2. The number of aromatic amines is 1. The molecule has 3 heterocycles. The second-order valence-corrected chi connectivity index (χ2v) is 6.12. The summed E-state index contributed by atoms with van der Waals surface area (Å²) in [6.07, 6.45) is 4.98. The molecule has 0 aliphatic rings. The lowest BCUT2D eigenvalue weighted by atomic mass is 10.2. The van der Waals surface area contributed by atoms with Gasteiger partial charge in [0.05, 0.1) is 29.0 Å². The van der Waals surface area contributed by atoms with Crippen LogP contribution in [0, 0.1) is 6.92 Å². The van der Waals surface area contributed by atoms with Gasteiger partial charge in [-0.2, -0.15) is 0 Å². The lowest BCUT2D eigenvalue weighted by Crippen LogP contribution is -2.22. The highest BCUT2D eigenvalue weighted by Crippen LogP contribution is 2.19. The van der Waals surface area contributed by atoms with Gasteiger partial charge in [-0.25, -0.2) is 9.97 Å². The minimum atomic E-state index is 0.188. The lowest BCUT2D eigenvalue weighted by molar-refractivity contribution is 0.494. The first-order valence-electron chi connectivity index (χ1n) is 8.36. The third-order valence-electron chi connectivity index (χ3n) is 4.48. The number of nitrogens with one attached hydrogen (secondary N) is 2. The van der Waals surface area contributed by atoms with E-state index in [0.29, 0.717) is 0 Å². The highest BCUT2D eigenvalue weighted by molar-refractivity contribution is 5.74. The van der Waals surface area contributed by atoms with Crippen LogP contribution in [-0.4, -0.2) is 19.4 Å². The van der Waals surface area contributed by atoms with E-state index in [4.69, 9.17) is 4.98 Å². The summed E-state index contributed by atoms with van der Waals surface area (Å²) in [5, 5.41) is 3.61. The Kier molecular flexibility index (Phi) is 3.78. The molecule has 0 aliphatic carbocycles. The number of hydrogen-bond donors (Lipinski definition) is 2. The molecule has 0 fully saturated rings. The van der Waals surface area contributed by atoms with Gasteiger partial charge in [0.1, 0.15) is 11.5 Å². The summed E-state index contributed by atoms with van der Waals surface area (Å²) < 4.78 is 2.15. The molecule has 0 saturated carbocycles. The average molecular weight is 319 g/mol. The van der Waals surface area contributed by atoms with E-state index < -0.39 is 0 Å². The summed E-state index contributed by atoms with van der Waals surface area (Å²) in [4.78, 5) is 12.7. The Labute approximate surface area is 140 Å². The third-order valence-corrected chi connectivity index (χ3v) is 4.48. The van der Waals surface area contributed by atoms with E-state index in [2.05, 4.69) is 57.9 Å². The van der Waals surface area contributed by atoms with E-state index >= 15 is 0 Å². The molecule has 5 heteroatoms. The van der Waals surface area contributed by atoms with E-state index in [1.54, 1.807) is 0 Å². The number of hydrogen-bond acceptors (Lipinski definition) is 3. The number of rotatable bonds is 5. The number of pyridine rings is 1. The van der Waals surface area contributed by atoms with Crippen molar-refractivity contribution in [3.8, 4) is 0 Å². The molecule has 0 bridgehead atoms. The first-order valence-corrected chi connectivity index (χ1v) is 8.36. The summed E-state index contributed by atoms with van der Waals surface area (Å²) in [5.41, 5.74) is 5.46. The number of aromatic nitrogens is 4. The molecular formula is C19H21N5. The smallest absolute Gasteiger partial charge is 0.139 e. The van der Waals surface area contributed by atoms with Gasteiger partial charge in [0.25, 0.3) is 0 Å². The van der Waals surface area contributed by atoms with Crippen molar-refractivity contribution >= 4 is 16.7 Å². The SMILES string of the molecule is CCC(NCc1cnc2c(C)cccn12)c1nc2ccccc2[nH]1. The second kappa shape index (κ2) is 6.09. The van der Waals surface area contributed by atoms with Crippen molar-refractivity contribution in [2.45, 2.75) is 32.9 Å². The largest absolute Gasteiger partial charge is 0.341 e. The van der Waals surface area contributed by atoms with E-state index in [9.17, 15) is 0 Å². The first kappa shape index (κ1) is 14.9. The number of para-hydroxylation sites is 2. The number of aryl methyl sites for hydroxylation is 1. The summed E-state index contributed by atoms with van der Waals surface area (Å²) in [6, 6.07) is 12.5. The van der Waals surface area contributed by atoms with Crippen LogP contribution in [0.1, 0.15) is 36.5 Å². The predicted octanol–water partition coefficient (Wildman–Crippen LogP) is 3.76. The quantitative estimate of drug-likeness (QED) is 0.589. The average Bonchev–Trinajstić information content (AvgIpc) is 3.20. The normalized spacial score (nSPS) is 12.9. The van der Waals surface area contributed by atoms with Gasteiger partial charge >= 0.3 is 0 Å². The Morgan fingerprint density at radius 1 is 1.21 bits per heavy atom. The van der Waals surface area contributed by atoms with E-state index in [1.807, 2.05) is 24.4 Å². The minimum absolute atomic E-state index is 0.188. The molecule has 0 radical (unpaired) electrons. The maximum Gasteiger partial charge on any atom is 0.139 e. The summed E-state index contributed by atoms with van der Waals surface area (Å²) in [6.45, 7) is 5.01. The Morgan fingerprint density at radius 2 is 2.08 bits per heavy atom. The van der Waals surface area contributed by atoms with Crippen LogP contribution in [0.5, 0.6) is 0 Å². The van der Waals surface area contributed by atoms with Gasteiger partial charge in [0.2, 0.25) is 0 Å². The van der Waals surface area contributed by atoms with Gasteiger partial charge < -0.3 is 14.7 Å². The van der Waals surface area contributed by atoms with E-state index in [-0.39, 0.29) is 6.04 Å². The molecule has 1 aromatic carbocycles. The molecule has 4 rings (SSSR count). The van der Waals surface area contributed by atoms with Crippen molar-refractivity contribution in [2.75, 3.05) is 0 Å². The summed E-state index contributed by atoms with van der Waals surface area (Å²) >= 11 is 0. The van der Waals surface area contributed by atoms with Crippen molar-refractivity contribution in [1.82, 2.24) is 24.7 Å². The molecule has 1 atom stereocenters. The maximum absolute atomic E-state index is 4.72. The van der Waals surface area contributed by atoms with Crippen molar-refractivity contribution in [3.63, 3.8) is 0 Å². The van der Waals surface area contributed by atoms with Crippen molar-refractivity contribution in [1.29, 1.82) is 0 Å². The van der Waals surface area contributed by atoms with Crippen LogP contribution in [0.4, 0.5) is 0 Å². The molecule has 122 valence electrons. The molecule has 0 saturated heterocycles. The Morgan fingerprint density at radius 3 is 2.92 bits per heavy atom. The molecule has 0 aliphatic heterocycles. The minimum Gasteiger partial charge on any atom is -0.341 e. The number of benzene rings is 1. The Hall–Kier alpha value is -2.66. The predicted molar refractivity (Wildman–Crippen MR) is 95.9 cm³/mol. The van der Waals surface area contributed by atoms with Crippen LogP contribution in [-0.2, 0) is 6.54 Å². The van der Waals surface area contributed by atoms with Crippen LogP contribution < -0.4 is 5.32 Å². The molecule has 3 aromatic heterocycles. The van der Waals surface area contributed by atoms with Gasteiger partial charge in [-0.05, 0) is 37.1 Å². The zero-order valence-electron chi connectivity index (χ0n) is 14.0. The lowest BCUT2D eigenvalue weighted by Gasteiger charge is -2.14. The zero-order chi connectivity index (χ0) is 16.5. The highest BCUT2D eigenvalue weighted by Gasteiger charge is 2.14. The molecule has 2 N–H and O–H groups in total. The van der Waals surface area contributed by atoms with Crippen LogP contribution in [0.2, 0.25) is 0 Å². The monoisotopic (exact) mass is 319 g/mol. The molecule has 5 nitrogen and oxygen atoms in total. The van der Waals surface area contributed by atoms with E-state index in [0.717, 1.165) is 41.2 Å². The van der Waals surface area contributed by atoms with Gasteiger partial charge in [-0.1, -0.05) is 25.1 Å². The highest BCUT2D eigenvalue weighted by atomic mass is 15.1. The Balaban J connectivity index is 1.57. The van der Waals surface area contributed by atoms with Crippen LogP contribution in [0.15, 0.2) is 48.8 Å². The third kappa shape index (κ3) is 2.57. The van der Waals surface area contributed by atoms with Gasteiger partial charge in [0.15, 0.2) is 0 Å². The molecule has 24 heavy (non-hydrogen) atoms. The molecule has 0 spiro atoms. The molecule has 4 aromatic rings. The number of H-pyrrole nitrogens is 1. The fourth-order valence-electron chi connectivity index (χ4n) is 3.13. The molecular weight excluding hydrogens is 298 g/mol. The number of nitrogens with zero attached hydrogens (tertiary/aromatic N) is 3. The van der Waals surface area contributed by atoms with E-state index in [1.165, 1.54) is 5.56 Å². The van der Waals surface area contributed by atoms with Crippen LogP contribution in [0.25, 0.3) is 16.7 Å². The topological polar surface area (TPSA) is 58.0 Å². The maximum atomic E-state index is 4.72. The fourth-order valence-corrected chi connectivity index (χ4v) is 3.13. The van der Waals surface area contributed by atoms with Gasteiger partial charge in [0, 0.05) is 12.7 Å². The van der Waals surface area contributed by atoms with Crippen LogP contribution >= 0.6 is 0 Å². The fraction of sp³-hybridized carbons (Fsp3) is 0.263. The van der Waals surface area contributed by atoms with Gasteiger partial charge in [-0.15, -0.1) is 0 Å². The van der Waals surface area contributed by atoms with Crippen molar-refractivity contribution in [3.05, 3.63) is 65.9 Å². The van der Waals surface area contributed by atoms with Gasteiger partial charge in [-0.3, -0.25) is 0 Å². The Bertz CT molecular complexity index is 949. The summed E-state index contributed by atoms with van der Waals surface area (Å²) in [7, 11) is 0. The number of fused-ring (bicyclic) bond motifs is 2.